The van der Waals surface area contributed by atoms with Crippen LogP contribution in [0.2, 0.25) is 0 Å². The molecule has 0 aliphatic rings. The molecule has 5 heteroatoms. The molecule has 0 radical (unpaired) electrons. The van der Waals surface area contributed by atoms with E-state index < -0.39 is 0 Å². The van der Waals surface area contributed by atoms with Crippen LogP contribution in [0.1, 0.15) is 12.0 Å². The SMILES string of the molecule is O=C(Nc1cccnc1)c1ccc(-c2cccnc2)o1.[HH]. The Morgan fingerprint density at radius 2 is 1.85 bits per heavy atom. The Kier molecular flexibility index (Phi) is 3.24. The Balaban J connectivity index is 0.00000161. The Morgan fingerprint density at radius 1 is 1.05 bits per heavy atom. The van der Waals surface area contributed by atoms with E-state index in [1.54, 1.807) is 49.1 Å². The zero-order valence-corrected chi connectivity index (χ0v) is 10.5. The van der Waals surface area contributed by atoms with E-state index in [0.29, 0.717) is 11.4 Å². The number of hydrogen-bond acceptors (Lipinski definition) is 4. The lowest BCUT2D eigenvalue weighted by Crippen LogP contribution is -2.10. The minimum Gasteiger partial charge on any atom is -0.451 e. The van der Waals surface area contributed by atoms with Crippen LogP contribution in [-0.2, 0) is 0 Å². The number of nitrogens with zero attached hydrogens (tertiary/aromatic N) is 2. The number of rotatable bonds is 3. The first-order valence-corrected chi connectivity index (χ1v) is 6.04. The predicted molar refractivity (Wildman–Crippen MR) is 76.2 cm³/mol. The lowest BCUT2D eigenvalue weighted by molar-refractivity contribution is 0.0997. The van der Waals surface area contributed by atoms with E-state index in [9.17, 15) is 4.79 Å². The number of furan rings is 1. The Bertz CT molecular complexity index is 714. The molecule has 1 amide bonds. The molecular formula is C15H13N3O2. The van der Waals surface area contributed by atoms with Crippen molar-refractivity contribution in [3.8, 4) is 11.3 Å². The molecule has 0 bridgehead atoms. The third-order valence-electron chi connectivity index (χ3n) is 2.70. The maximum Gasteiger partial charge on any atom is 0.291 e. The summed E-state index contributed by atoms with van der Waals surface area (Å²) in [7, 11) is 0. The summed E-state index contributed by atoms with van der Waals surface area (Å²) in [5.41, 5.74) is 1.45. The molecule has 0 aliphatic carbocycles. The van der Waals surface area contributed by atoms with Crippen LogP contribution in [-0.4, -0.2) is 15.9 Å². The molecule has 0 fully saturated rings. The van der Waals surface area contributed by atoms with E-state index in [2.05, 4.69) is 15.3 Å². The van der Waals surface area contributed by atoms with E-state index in [0.717, 1.165) is 5.56 Å². The van der Waals surface area contributed by atoms with E-state index in [1.807, 2.05) is 12.1 Å². The van der Waals surface area contributed by atoms with Gasteiger partial charge in [0, 0.05) is 25.6 Å². The third kappa shape index (κ3) is 2.56. The molecule has 5 nitrogen and oxygen atoms in total. The molecule has 0 spiro atoms. The zero-order chi connectivity index (χ0) is 13.8. The maximum atomic E-state index is 12.0. The van der Waals surface area contributed by atoms with Crippen molar-refractivity contribution in [2.24, 2.45) is 0 Å². The van der Waals surface area contributed by atoms with Crippen molar-refractivity contribution >= 4 is 11.6 Å². The van der Waals surface area contributed by atoms with Gasteiger partial charge >= 0.3 is 0 Å². The van der Waals surface area contributed by atoms with Gasteiger partial charge in [-0.2, -0.15) is 0 Å². The van der Waals surface area contributed by atoms with Crippen LogP contribution in [0.15, 0.2) is 65.6 Å². The second kappa shape index (κ2) is 5.36. The molecule has 0 saturated carbocycles. The summed E-state index contributed by atoms with van der Waals surface area (Å²) in [6.07, 6.45) is 6.58. The van der Waals surface area contributed by atoms with E-state index in [-0.39, 0.29) is 13.1 Å². The van der Waals surface area contributed by atoms with Gasteiger partial charge in [0.1, 0.15) is 5.76 Å². The largest absolute Gasteiger partial charge is 0.451 e. The van der Waals surface area contributed by atoms with Crippen LogP contribution in [0.5, 0.6) is 0 Å². The highest BCUT2D eigenvalue weighted by Crippen LogP contribution is 2.21. The molecule has 3 heterocycles. The Labute approximate surface area is 116 Å². The first-order chi connectivity index (χ1) is 9.83. The lowest BCUT2D eigenvalue weighted by Gasteiger charge is -2.01. The van der Waals surface area contributed by atoms with Crippen molar-refractivity contribution in [1.82, 2.24) is 9.97 Å². The average Bonchev–Trinajstić information content (AvgIpc) is 2.99. The van der Waals surface area contributed by atoms with Gasteiger partial charge in [-0.25, -0.2) is 0 Å². The van der Waals surface area contributed by atoms with Gasteiger partial charge in [-0.1, -0.05) is 0 Å². The molecule has 0 aliphatic heterocycles. The van der Waals surface area contributed by atoms with Gasteiger partial charge in [0.05, 0.1) is 11.9 Å². The fraction of sp³-hybridized carbons (Fsp3) is 0. The molecule has 100 valence electrons. The van der Waals surface area contributed by atoms with Gasteiger partial charge in [0.15, 0.2) is 5.76 Å². The number of aromatic nitrogens is 2. The van der Waals surface area contributed by atoms with Crippen molar-refractivity contribution < 1.29 is 10.6 Å². The van der Waals surface area contributed by atoms with Gasteiger partial charge in [-0.15, -0.1) is 0 Å². The molecule has 3 aromatic heterocycles. The van der Waals surface area contributed by atoms with Gasteiger partial charge in [0.2, 0.25) is 0 Å². The number of carbonyl (C=O) groups excluding carboxylic acids is 1. The van der Waals surface area contributed by atoms with Crippen molar-refractivity contribution in [1.29, 1.82) is 0 Å². The Morgan fingerprint density at radius 3 is 2.55 bits per heavy atom. The zero-order valence-electron chi connectivity index (χ0n) is 10.5. The summed E-state index contributed by atoms with van der Waals surface area (Å²) in [6, 6.07) is 10.6. The maximum absolute atomic E-state index is 12.0. The molecule has 0 saturated heterocycles. The fourth-order valence-corrected chi connectivity index (χ4v) is 1.75. The molecule has 3 rings (SSSR count). The molecule has 0 aromatic carbocycles. The topological polar surface area (TPSA) is 68.0 Å². The predicted octanol–water partition coefficient (Wildman–Crippen LogP) is 3.23. The van der Waals surface area contributed by atoms with Crippen molar-refractivity contribution in [2.75, 3.05) is 5.32 Å². The van der Waals surface area contributed by atoms with Gasteiger partial charge in [0.25, 0.3) is 5.91 Å². The highest BCUT2D eigenvalue weighted by molar-refractivity contribution is 6.02. The Hall–Kier alpha value is -2.95. The summed E-state index contributed by atoms with van der Waals surface area (Å²) in [4.78, 5) is 20.0. The summed E-state index contributed by atoms with van der Waals surface area (Å²) in [6.45, 7) is 0. The number of amides is 1. The molecule has 0 unspecified atom stereocenters. The summed E-state index contributed by atoms with van der Waals surface area (Å²) in [5.74, 6) is 0.537. The van der Waals surface area contributed by atoms with Crippen LogP contribution in [0.4, 0.5) is 5.69 Å². The van der Waals surface area contributed by atoms with Gasteiger partial charge in [-0.3, -0.25) is 14.8 Å². The van der Waals surface area contributed by atoms with Gasteiger partial charge in [-0.05, 0) is 36.4 Å². The van der Waals surface area contributed by atoms with E-state index in [4.69, 9.17) is 4.42 Å². The monoisotopic (exact) mass is 267 g/mol. The number of pyridine rings is 2. The standard InChI is InChI=1S/C15H11N3O2.H2/c19-15(18-12-4-2-8-17-10-12)14-6-5-13(20-14)11-3-1-7-16-9-11;/h1-10H,(H,18,19);1H. The number of anilines is 1. The normalized spacial score (nSPS) is 10.2. The average molecular weight is 267 g/mol. The van der Waals surface area contributed by atoms with Crippen LogP contribution < -0.4 is 5.32 Å². The lowest BCUT2D eigenvalue weighted by atomic mass is 10.2. The fourth-order valence-electron chi connectivity index (χ4n) is 1.75. The van der Waals surface area contributed by atoms with Crippen molar-refractivity contribution in [3.05, 3.63) is 66.9 Å². The highest BCUT2D eigenvalue weighted by Gasteiger charge is 2.12. The summed E-state index contributed by atoms with van der Waals surface area (Å²) in [5, 5.41) is 2.71. The molecule has 3 aromatic rings. The van der Waals surface area contributed by atoms with Crippen molar-refractivity contribution in [3.63, 3.8) is 0 Å². The second-order valence-corrected chi connectivity index (χ2v) is 4.10. The second-order valence-electron chi connectivity index (χ2n) is 4.10. The number of hydrogen-bond donors (Lipinski definition) is 1. The van der Waals surface area contributed by atoms with Crippen LogP contribution in [0.25, 0.3) is 11.3 Å². The third-order valence-corrected chi connectivity index (χ3v) is 2.70. The number of carbonyl (C=O) groups is 1. The molecular weight excluding hydrogens is 254 g/mol. The summed E-state index contributed by atoms with van der Waals surface area (Å²) < 4.78 is 5.53. The van der Waals surface area contributed by atoms with E-state index in [1.165, 1.54) is 0 Å². The molecule has 1 N–H and O–H groups in total. The smallest absolute Gasteiger partial charge is 0.291 e. The van der Waals surface area contributed by atoms with Crippen molar-refractivity contribution in [2.45, 2.75) is 0 Å². The quantitative estimate of drug-likeness (QED) is 0.791. The molecule has 20 heavy (non-hydrogen) atoms. The first kappa shape index (κ1) is 12.1. The highest BCUT2D eigenvalue weighted by atomic mass is 16.3. The van der Waals surface area contributed by atoms with Crippen LogP contribution in [0, 0.1) is 0 Å². The first-order valence-electron chi connectivity index (χ1n) is 6.04. The molecule has 0 atom stereocenters. The summed E-state index contributed by atoms with van der Waals surface area (Å²) >= 11 is 0. The van der Waals surface area contributed by atoms with Crippen LogP contribution in [0.3, 0.4) is 0 Å². The minimum absolute atomic E-state index is 0. The minimum atomic E-state index is -0.312. The number of nitrogens with one attached hydrogen (secondary N) is 1. The van der Waals surface area contributed by atoms with E-state index >= 15 is 0 Å². The van der Waals surface area contributed by atoms with Crippen LogP contribution >= 0.6 is 0 Å². The van der Waals surface area contributed by atoms with Gasteiger partial charge < -0.3 is 9.73 Å².